The predicted molar refractivity (Wildman–Crippen MR) is 52.4 cm³/mol. The average Bonchev–Trinajstić information content (AvgIpc) is 2.15. The number of aromatic nitrogens is 1. The van der Waals surface area contributed by atoms with Crippen molar-refractivity contribution in [3.05, 3.63) is 24.0 Å². The van der Waals surface area contributed by atoms with Crippen LogP contribution in [0.15, 0.2) is 18.3 Å². The third kappa shape index (κ3) is 3.03. The van der Waals surface area contributed by atoms with Crippen molar-refractivity contribution in [2.75, 3.05) is 0 Å². The van der Waals surface area contributed by atoms with Crippen LogP contribution in [0.3, 0.4) is 0 Å². The molecule has 1 heterocycles. The number of nitrogens with zero attached hydrogens (tertiary/aromatic N) is 1. The molecule has 0 aliphatic rings. The van der Waals surface area contributed by atoms with Crippen molar-refractivity contribution in [1.29, 1.82) is 0 Å². The van der Waals surface area contributed by atoms with E-state index in [1.807, 2.05) is 0 Å². The van der Waals surface area contributed by atoms with E-state index in [-0.39, 0.29) is 11.8 Å². The summed E-state index contributed by atoms with van der Waals surface area (Å²) in [5, 5.41) is 9.01. The maximum atomic E-state index is 9.01. The van der Waals surface area contributed by atoms with Gasteiger partial charge in [0.05, 0.1) is 11.9 Å². The first-order valence-electron chi connectivity index (χ1n) is 4.64. The number of unbranched alkanes of at least 4 members (excludes halogenated alkanes) is 1. The Morgan fingerprint density at radius 3 is 2.85 bits per heavy atom. The maximum absolute atomic E-state index is 9.01. The summed E-state index contributed by atoms with van der Waals surface area (Å²) in [6, 6.07) is 3.39. The summed E-state index contributed by atoms with van der Waals surface area (Å²) in [7, 11) is 0. The van der Waals surface area contributed by atoms with Gasteiger partial charge in [0, 0.05) is 6.04 Å². The van der Waals surface area contributed by atoms with Crippen molar-refractivity contribution >= 4 is 0 Å². The molecule has 0 spiro atoms. The molecule has 1 atom stereocenters. The monoisotopic (exact) mass is 180 g/mol. The molecule has 0 amide bonds. The maximum Gasteiger partial charge on any atom is 0.133 e. The molecule has 3 nitrogen and oxygen atoms in total. The van der Waals surface area contributed by atoms with Crippen LogP contribution in [0.1, 0.15) is 37.9 Å². The zero-order valence-corrected chi connectivity index (χ0v) is 7.90. The summed E-state index contributed by atoms with van der Waals surface area (Å²) in [6.07, 6.45) is 4.64. The number of hydrogen-bond acceptors (Lipinski definition) is 3. The molecule has 3 N–H and O–H groups in total. The molecule has 0 saturated heterocycles. The van der Waals surface area contributed by atoms with Crippen LogP contribution in [0.5, 0.6) is 5.75 Å². The fourth-order valence-corrected chi connectivity index (χ4v) is 1.19. The lowest BCUT2D eigenvalue weighted by molar-refractivity contribution is 0.471. The lowest BCUT2D eigenvalue weighted by atomic mass is 10.1. The number of nitrogens with two attached hydrogens (primary N) is 1. The first kappa shape index (κ1) is 9.99. The predicted octanol–water partition coefficient (Wildman–Crippen LogP) is 1.98. The minimum Gasteiger partial charge on any atom is -0.506 e. The Kier molecular flexibility index (Phi) is 3.71. The highest BCUT2D eigenvalue weighted by molar-refractivity contribution is 5.19. The summed E-state index contributed by atoms with van der Waals surface area (Å²) in [6.45, 7) is 2.14. The van der Waals surface area contributed by atoms with E-state index in [4.69, 9.17) is 10.8 Å². The lowest BCUT2D eigenvalue weighted by Crippen LogP contribution is -2.11. The van der Waals surface area contributed by atoms with Crippen molar-refractivity contribution in [3.63, 3.8) is 0 Å². The summed E-state index contributed by atoms with van der Waals surface area (Å²) >= 11 is 0. The normalized spacial score (nSPS) is 12.8. The SMILES string of the molecule is CCCC[C@@H](N)c1ccc(O)cn1. The minimum atomic E-state index is 0.000509. The molecule has 0 aliphatic carbocycles. The zero-order chi connectivity index (χ0) is 9.68. The van der Waals surface area contributed by atoms with Crippen LogP contribution >= 0.6 is 0 Å². The topological polar surface area (TPSA) is 59.1 Å². The van der Waals surface area contributed by atoms with Crippen molar-refractivity contribution in [1.82, 2.24) is 4.98 Å². The Balaban J connectivity index is 2.55. The third-order valence-corrected chi connectivity index (χ3v) is 2.02. The van der Waals surface area contributed by atoms with E-state index in [2.05, 4.69) is 11.9 Å². The summed E-state index contributed by atoms with van der Waals surface area (Å²) in [4.78, 5) is 4.06. The van der Waals surface area contributed by atoms with Crippen LogP contribution in [-0.2, 0) is 0 Å². The summed E-state index contributed by atoms with van der Waals surface area (Å²) < 4.78 is 0. The molecule has 13 heavy (non-hydrogen) atoms. The van der Waals surface area contributed by atoms with Gasteiger partial charge in [0.1, 0.15) is 5.75 Å². The standard InChI is InChI=1S/C10H16N2O/c1-2-3-4-9(11)10-6-5-8(13)7-12-10/h5-7,9,13H,2-4,11H2,1H3/t9-/m1/s1. The van der Waals surface area contributed by atoms with Gasteiger partial charge in [-0.3, -0.25) is 4.98 Å². The highest BCUT2D eigenvalue weighted by atomic mass is 16.3. The Morgan fingerprint density at radius 1 is 1.54 bits per heavy atom. The molecule has 3 heteroatoms. The van der Waals surface area contributed by atoms with Gasteiger partial charge in [-0.15, -0.1) is 0 Å². The molecule has 0 bridgehead atoms. The van der Waals surface area contributed by atoms with E-state index in [1.165, 1.54) is 6.20 Å². The molecule has 0 unspecified atom stereocenters. The Hall–Kier alpha value is -1.09. The van der Waals surface area contributed by atoms with E-state index < -0.39 is 0 Å². The minimum absolute atomic E-state index is 0.000509. The van der Waals surface area contributed by atoms with E-state index in [0.717, 1.165) is 25.0 Å². The first-order valence-corrected chi connectivity index (χ1v) is 4.64. The molecular formula is C10H16N2O. The first-order chi connectivity index (χ1) is 6.24. The molecule has 0 saturated carbocycles. The Morgan fingerprint density at radius 2 is 2.31 bits per heavy atom. The molecule has 0 aliphatic heterocycles. The van der Waals surface area contributed by atoms with E-state index >= 15 is 0 Å². The molecule has 1 rings (SSSR count). The quantitative estimate of drug-likeness (QED) is 0.744. The van der Waals surface area contributed by atoms with Gasteiger partial charge < -0.3 is 10.8 Å². The number of aromatic hydroxyl groups is 1. The summed E-state index contributed by atoms with van der Waals surface area (Å²) in [5.41, 5.74) is 6.74. The van der Waals surface area contributed by atoms with Crippen LogP contribution in [-0.4, -0.2) is 10.1 Å². The third-order valence-electron chi connectivity index (χ3n) is 2.02. The van der Waals surface area contributed by atoms with Crippen molar-refractivity contribution in [3.8, 4) is 5.75 Å². The second-order valence-corrected chi connectivity index (χ2v) is 3.19. The van der Waals surface area contributed by atoms with Crippen LogP contribution in [0.25, 0.3) is 0 Å². The molecule has 0 radical (unpaired) electrons. The molecule has 0 fully saturated rings. The number of pyridine rings is 1. The van der Waals surface area contributed by atoms with Crippen molar-refractivity contribution in [2.45, 2.75) is 32.2 Å². The van der Waals surface area contributed by atoms with Gasteiger partial charge in [-0.25, -0.2) is 0 Å². The Labute approximate surface area is 78.6 Å². The van der Waals surface area contributed by atoms with Gasteiger partial charge in [0.2, 0.25) is 0 Å². The fourth-order valence-electron chi connectivity index (χ4n) is 1.19. The van der Waals surface area contributed by atoms with Gasteiger partial charge in [-0.05, 0) is 18.6 Å². The van der Waals surface area contributed by atoms with Gasteiger partial charge in [-0.1, -0.05) is 19.8 Å². The second kappa shape index (κ2) is 4.82. The lowest BCUT2D eigenvalue weighted by Gasteiger charge is -2.09. The van der Waals surface area contributed by atoms with E-state index in [0.29, 0.717) is 0 Å². The van der Waals surface area contributed by atoms with Crippen LogP contribution in [0.2, 0.25) is 0 Å². The van der Waals surface area contributed by atoms with E-state index in [1.54, 1.807) is 12.1 Å². The van der Waals surface area contributed by atoms with Gasteiger partial charge >= 0.3 is 0 Å². The highest BCUT2D eigenvalue weighted by Crippen LogP contribution is 2.16. The van der Waals surface area contributed by atoms with Crippen LogP contribution in [0, 0.1) is 0 Å². The molecule has 72 valence electrons. The molecular weight excluding hydrogens is 164 g/mol. The van der Waals surface area contributed by atoms with Crippen LogP contribution < -0.4 is 5.73 Å². The average molecular weight is 180 g/mol. The second-order valence-electron chi connectivity index (χ2n) is 3.19. The van der Waals surface area contributed by atoms with Crippen molar-refractivity contribution < 1.29 is 5.11 Å². The zero-order valence-electron chi connectivity index (χ0n) is 7.90. The smallest absolute Gasteiger partial charge is 0.133 e. The highest BCUT2D eigenvalue weighted by Gasteiger charge is 2.05. The number of hydrogen-bond donors (Lipinski definition) is 2. The van der Waals surface area contributed by atoms with Gasteiger partial charge in [0.25, 0.3) is 0 Å². The fraction of sp³-hybridized carbons (Fsp3) is 0.500. The largest absolute Gasteiger partial charge is 0.506 e. The molecule has 0 aromatic carbocycles. The molecule has 1 aromatic heterocycles. The molecule has 1 aromatic rings. The van der Waals surface area contributed by atoms with Crippen molar-refractivity contribution in [2.24, 2.45) is 5.73 Å². The van der Waals surface area contributed by atoms with Gasteiger partial charge in [0.15, 0.2) is 0 Å². The van der Waals surface area contributed by atoms with Gasteiger partial charge in [-0.2, -0.15) is 0 Å². The van der Waals surface area contributed by atoms with Crippen LogP contribution in [0.4, 0.5) is 0 Å². The Bertz CT molecular complexity index is 246. The van der Waals surface area contributed by atoms with E-state index in [9.17, 15) is 0 Å². The summed E-state index contributed by atoms with van der Waals surface area (Å²) in [5.74, 6) is 0.187. The number of rotatable bonds is 4.